The molecule has 8 heteroatoms. The summed E-state index contributed by atoms with van der Waals surface area (Å²) in [5.74, 6) is 1.38. The molecule has 1 aromatic heterocycles. The fraction of sp³-hybridized carbons (Fsp3) is 0.190. The molecule has 0 radical (unpaired) electrons. The van der Waals surface area contributed by atoms with Crippen molar-refractivity contribution in [2.24, 2.45) is 5.10 Å². The average Bonchev–Trinajstić information content (AvgIpc) is 3.22. The third kappa shape index (κ3) is 5.11. The first kappa shape index (κ1) is 20.3. The number of carbonyl (C=O) groups is 1. The van der Waals surface area contributed by atoms with Crippen molar-refractivity contribution in [3.05, 3.63) is 58.4 Å². The van der Waals surface area contributed by atoms with Gasteiger partial charge >= 0.3 is 0 Å². The number of thiazole rings is 1. The first-order valence-electron chi connectivity index (χ1n) is 8.76. The molecule has 7 nitrogen and oxygen atoms in total. The highest BCUT2D eigenvalue weighted by atomic mass is 32.1. The summed E-state index contributed by atoms with van der Waals surface area (Å²) in [6.45, 7) is 0. The standard InChI is InChI=1S/C21H21N3O4S/c1-26-17-10-19(28-3)18(27-2)9-15(17)12-22-24-20(25)11-21-23-16(13-29-21)14-7-5-4-6-8-14/h4-10,12-13H,11H2,1-3H3,(H,24,25)/b22-12-. The van der Waals surface area contributed by atoms with Crippen LogP contribution >= 0.6 is 11.3 Å². The van der Waals surface area contributed by atoms with Crippen molar-refractivity contribution < 1.29 is 19.0 Å². The maximum atomic E-state index is 12.2. The number of carbonyl (C=O) groups excluding carboxylic acids is 1. The van der Waals surface area contributed by atoms with Crippen LogP contribution in [0.25, 0.3) is 11.3 Å². The van der Waals surface area contributed by atoms with Crippen molar-refractivity contribution in [2.75, 3.05) is 21.3 Å². The van der Waals surface area contributed by atoms with E-state index in [2.05, 4.69) is 15.5 Å². The summed E-state index contributed by atoms with van der Waals surface area (Å²) in [7, 11) is 4.64. The summed E-state index contributed by atoms with van der Waals surface area (Å²) >= 11 is 1.44. The Morgan fingerprint density at radius 2 is 1.76 bits per heavy atom. The number of rotatable bonds is 8. The Hall–Kier alpha value is -3.39. The Kier molecular flexibility index (Phi) is 6.80. The summed E-state index contributed by atoms with van der Waals surface area (Å²) in [6, 6.07) is 13.3. The highest BCUT2D eigenvalue weighted by Gasteiger charge is 2.11. The number of nitrogens with one attached hydrogen (secondary N) is 1. The van der Waals surface area contributed by atoms with E-state index in [0.717, 1.165) is 16.3 Å². The summed E-state index contributed by atoms with van der Waals surface area (Å²) in [5.41, 5.74) is 5.04. The Morgan fingerprint density at radius 3 is 2.45 bits per heavy atom. The Bertz CT molecular complexity index is 1000. The van der Waals surface area contributed by atoms with Crippen LogP contribution in [0.5, 0.6) is 17.2 Å². The molecule has 0 aliphatic heterocycles. The number of benzene rings is 2. The highest BCUT2D eigenvalue weighted by molar-refractivity contribution is 7.10. The van der Waals surface area contributed by atoms with Crippen molar-refractivity contribution >= 4 is 23.5 Å². The SMILES string of the molecule is COc1cc(OC)c(OC)cc1/C=N\NC(=O)Cc1nc(-c2ccccc2)cs1. The maximum Gasteiger partial charge on any atom is 0.246 e. The van der Waals surface area contributed by atoms with Crippen LogP contribution in [0.4, 0.5) is 0 Å². The third-order valence-corrected chi connectivity index (χ3v) is 4.91. The van der Waals surface area contributed by atoms with Crippen LogP contribution in [-0.2, 0) is 11.2 Å². The molecule has 150 valence electrons. The lowest BCUT2D eigenvalue weighted by Gasteiger charge is -2.11. The van der Waals surface area contributed by atoms with E-state index in [-0.39, 0.29) is 12.3 Å². The van der Waals surface area contributed by atoms with E-state index in [9.17, 15) is 4.79 Å². The minimum Gasteiger partial charge on any atom is -0.496 e. The number of methoxy groups -OCH3 is 3. The van der Waals surface area contributed by atoms with Gasteiger partial charge in [0.05, 0.1) is 39.7 Å². The molecule has 0 aliphatic rings. The monoisotopic (exact) mass is 411 g/mol. The molecule has 1 N–H and O–H groups in total. The normalized spacial score (nSPS) is 10.7. The summed E-state index contributed by atoms with van der Waals surface area (Å²) in [5, 5.41) is 6.68. The zero-order chi connectivity index (χ0) is 20.6. The van der Waals surface area contributed by atoms with Gasteiger partial charge in [-0.25, -0.2) is 10.4 Å². The van der Waals surface area contributed by atoms with Gasteiger partial charge in [-0.3, -0.25) is 4.79 Å². The van der Waals surface area contributed by atoms with E-state index in [1.54, 1.807) is 33.5 Å². The maximum absolute atomic E-state index is 12.2. The topological polar surface area (TPSA) is 82.0 Å². The van der Waals surface area contributed by atoms with Crippen molar-refractivity contribution in [3.63, 3.8) is 0 Å². The van der Waals surface area contributed by atoms with Gasteiger partial charge in [-0.15, -0.1) is 11.3 Å². The molecule has 0 bridgehead atoms. The Labute approximate surface area is 173 Å². The molecule has 0 aliphatic carbocycles. The quantitative estimate of drug-likeness (QED) is 0.453. The molecule has 2 aromatic carbocycles. The fourth-order valence-corrected chi connectivity index (χ4v) is 3.44. The number of amides is 1. The molecule has 1 amide bonds. The van der Waals surface area contributed by atoms with Gasteiger partial charge in [0.1, 0.15) is 10.8 Å². The highest BCUT2D eigenvalue weighted by Crippen LogP contribution is 2.33. The number of nitrogens with zero attached hydrogens (tertiary/aromatic N) is 2. The summed E-state index contributed by atoms with van der Waals surface area (Å²) in [4.78, 5) is 16.7. The largest absolute Gasteiger partial charge is 0.496 e. The van der Waals surface area contributed by atoms with Gasteiger partial charge in [-0.2, -0.15) is 5.10 Å². The zero-order valence-corrected chi connectivity index (χ0v) is 17.2. The second kappa shape index (κ2) is 9.70. The molecule has 0 unspecified atom stereocenters. The van der Waals surface area contributed by atoms with E-state index < -0.39 is 0 Å². The number of ether oxygens (including phenoxy) is 3. The van der Waals surface area contributed by atoms with Gasteiger partial charge in [0.2, 0.25) is 5.91 Å². The number of hydrazone groups is 1. The molecule has 1 heterocycles. The first-order chi connectivity index (χ1) is 14.1. The van der Waals surface area contributed by atoms with E-state index >= 15 is 0 Å². The van der Waals surface area contributed by atoms with Gasteiger partial charge in [-0.05, 0) is 6.07 Å². The lowest BCUT2D eigenvalue weighted by Crippen LogP contribution is -2.19. The Balaban J connectivity index is 1.64. The van der Waals surface area contributed by atoms with Gasteiger partial charge < -0.3 is 14.2 Å². The molecular formula is C21H21N3O4S. The van der Waals surface area contributed by atoms with Crippen LogP contribution in [0.3, 0.4) is 0 Å². The summed E-state index contributed by atoms with van der Waals surface area (Å²) < 4.78 is 15.9. The molecule has 0 saturated heterocycles. The summed E-state index contributed by atoms with van der Waals surface area (Å²) in [6.07, 6.45) is 1.65. The molecule has 3 rings (SSSR count). The van der Waals surface area contributed by atoms with Gasteiger partial charge in [0.15, 0.2) is 11.5 Å². The third-order valence-electron chi connectivity index (χ3n) is 4.06. The number of hydrogen-bond donors (Lipinski definition) is 1. The van der Waals surface area contributed by atoms with Crippen molar-refractivity contribution in [2.45, 2.75) is 6.42 Å². The lowest BCUT2D eigenvalue weighted by atomic mass is 10.2. The van der Waals surface area contributed by atoms with Crippen LogP contribution in [0.1, 0.15) is 10.6 Å². The zero-order valence-electron chi connectivity index (χ0n) is 16.3. The second-order valence-electron chi connectivity index (χ2n) is 5.91. The van der Waals surface area contributed by atoms with Crippen molar-refractivity contribution in [3.8, 4) is 28.5 Å². The first-order valence-corrected chi connectivity index (χ1v) is 9.64. The second-order valence-corrected chi connectivity index (χ2v) is 6.85. The smallest absolute Gasteiger partial charge is 0.246 e. The fourth-order valence-electron chi connectivity index (χ4n) is 2.64. The Morgan fingerprint density at radius 1 is 1.07 bits per heavy atom. The number of hydrogen-bond acceptors (Lipinski definition) is 7. The molecule has 0 saturated carbocycles. The van der Waals surface area contributed by atoms with E-state index in [0.29, 0.717) is 22.8 Å². The molecule has 0 spiro atoms. The van der Waals surface area contributed by atoms with E-state index in [1.807, 2.05) is 35.7 Å². The molecule has 3 aromatic rings. The van der Waals surface area contributed by atoms with Gasteiger partial charge in [-0.1, -0.05) is 30.3 Å². The van der Waals surface area contributed by atoms with Crippen LogP contribution in [0.15, 0.2) is 52.9 Å². The van der Waals surface area contributed by atoms with E-state index in [1.165, 1.54) is 17.6 Å². The molecule has 29 heavy (non-hydrogen) atoms. The van der Waals surface area contributed by atoms with Crippen molar-refractivity contribution in [1.82, 2.24) is 10.4 Å². The van der Waals surface area contributed by atoms with Crippen LogP contribution in [0, 0.1) is 0 Å². The minimum atomic E-state index is -0.255. The van der Waals surface area contributed by atoms with Crippen LogP contribution < -0.4 is 19.6 Å². The predicted octanol–water partition coefficient (Wildman–Crippen LogP) is 3.53. The predicted molar refractivity (Wildman–Crippen MR) is 113 cm³/mol. The molecule has 0 atom stereocenters. The van der Waals surface area contributed by atoms with Crippen LogP contribution in [0.2, 0.25) is 0 Å². The molecular weight excluding hydrogens is 390 g/mol. The van der Waals surface area contributed by atoms with Crippen molar-refractivity contribution in [1.29, 1.82) is 0 Å². The van der Waals surface area contributed by atoms with E-state index in [4.69, 9.17) is 14.2 Å². The van der Waals surface area contributed by atoms with Gasteiger partial charge in [0, 0.05) is 22.6 Å². The minimum absolute atomic E-state index is 0.151. The number of aromatic nitrogens is 1. The lowest BCUT2D eigenvalue weighted by molar-refractivity contribution is -0.120. The molecule has 0 fully saturated rings. The van der Waals surface area contributed by atoms with Crippen LogP contribution in [-0.4, -0.2) is 38.4 Å². The average molecular weight is 411 g/mol. The van der Waals surface area contributed by atoms with Gasteiger partial charge in [0.25, 0.3) is 0 Å².